The molecule has 0 aliphatic carbocycles. The number of anilines is 6. The van der Waals surface area contributed by atoms with Gasteiger partial charge in [-0.1, -0.05) is 0 Å². The summed E-state index contributed by atoms with van der Waals surface area (Å²) in [6.07, 6.45) is 3.21. The SMILES string of the molecule is N[C@@H]1C[C@H](N)CN(c2ccc(N3CCN(c4nc(N5C[C@H](N)C[C@H](N)C5)nc(N5C[C@H](N)C[C@H](N)C5)n4)CC3)c(N3C[C@H](N)C[C@H](N)C3)c2)C1. The largest absolute Gasteiger partial charge is 0.368 e. The standard InChI is InChI=1S/C33H59N17/c34-20-7-21(35)13-47(12-20)28-1-2-29(30(11-28)48-14-22(36)8-23(37)15-48)45-3-5-46(6-4-45)31-42-32(49-16-24(38)9-25(39)17-49)44-33(43-31)50-18-26(40)10-27(41)19-50/h1-2,11,20-27H,3-10,12-19,34-41H2/t20-,21+,22-,23+,24-,25+,26-,27+. The van der Waals surface area contributed by atoms with E-state index in [2.05, 4.69) is 47.6 Å². The number of piperazine rings is 1. The van der Waals surface area contributed by atoms with Crippen molar-refractivity contribution in [1.82, 2.24) is 15.0 Å². The molecule has 5 aliphatic heterocycles. The highest BCUT2D eigenvalue weighted by atomic mass is 15.4. The topological polar surface area (TPSA) is 266 Å². The molecule has 6 heterocycles. The minimum absolute atomic E-state index is 0.0178. The van der Waals surface area contributed by atoms with Crippen LogP contribution in [0.2, 0.25) is 0 Å². The molecule has 5 saturated heterocycles. The van der Waals surface area contributed by atoms with Gasteiger partial charge >= 0.3 is 0 Å². The van der Waals surface area contributed by atoms with Crippen molar-refractivity contribution in [1.29, 1.82) is 0 Å². The zero-order valence-electron chi connectivity index (χ0n) is 29.3. The van der Waals surface area contributed by atoms with Gasteiger partial charge in [0.25, 0.3) is 0 Å². The van der Waals surface area contributed by atoms with Crippen LogP contribution in [0.3, 0.4) is 0 Å². The second-order valence-electron chi connectivity index (χ2n) is 15.5. The highest BCUT2D eigenvalue weighted by Crippen LogP contribution is 2.37. The normalized spacial score (nSPS) is 32.9. The van der Waals surface area contributed by atoms with Crippen molar-refractivity contribution in [3.05, 3.63) is 18.2 Å². The molecule has 5 aliphatic rings. The van der Waals surface area contributed by atoms with Gasteiger partial charge in [0.2, 0.25) is 17.8 Å². The number of piperidine rings is 4. The van der Waals surface area contributed by atoms with Gasteiger partial charge in [-0.2, -0.15) is 15.0 Å². The maximum atomic E-state index is 6.50. The van der Waals surface area contributed by atoms with Crippen LogP contribution in [0.25, 0.3) is 0 Å². The Hall–Kier alpha value is -3.29. The van der Waals surface area contributed by atoms with Gasteiger partial charge in [0.15, 0.2) is 0 Å². The first-order valence-electron chi connectivity index (χ1n) is 18.4. The maximum absolute atomic E-state index is 6.50. The number of rotatable bonds is 6. The summed E-state index contributed by atoms with van der Waals surface area (Å²) in [5, 5.41) is 0. The Morgan fingerprint density at radius 2 is 0.720 bits per heavy atom. The third-order valence-corrected chi connectivity index (χ3v) is 10.8. The second kappa shape index (κ2) is 14.7. The second-order valence-corrected chi connectivity index (χ2v) is 15.5. The molecule has 0 spiro atoms. The number of benzene rings is 1. The molecule has 8 atom stereocenters. The molecule has 50 heavy (non-hydrogen) atoms. The van der Waals surface area contributed by atoms with Crippen molar-refractivity contribution in [3.8, 4) is 0 Å². The van der Waals surface area contributed by atoms with Gasteiger partial charge in [0.05, 0.1) is 11.4 Å². The van der Waals surface area contributed by atoms with E-state index >= 15 is 0 Å². The van der Waals surface area contributed by atoms with Crippen LogP contribution in [0.5, 0.6) is 0 Å². The van der Waals surface area contributed by atoms with E-state index in [1.807, 2.05) is 0 Å². The molecular formula is C33H59N17. The smallest absolute Gasteiger partial charge is 0.232 e. The van der Waals surface area contributed by atoms with Crippen molar-refractivity contribution in [2.75, 3.05) is 108 Å². The molecule has 0 unspecified atom stereocenters. The van der Waals surface area contributed by atoms with Crippen LogP contribution in [0, 0.1) is 0 Å². The van der Waals surface area contributed by atoms with E-state index < -0.39 is 0 Å². The zero-order valence-corrected chi connectivity index (χ0v) is 29.3. The Balaban J connectivity index is 1.14. The minimum atomic E-state index is -0.0456. The van der Waals surface area contributed by atoms with E-state index in [-0.39, 0.29) is 48.3 Å². The lowest BCUT2D eigenvalue weighted by Crippen LogP contribution is -2.54. The lowest BCUT2D eigenvalue weighted by molar-refractivity contribution is 0.440. The van der Waals surface area contributed by atoms with Crippen molar-refractivity contribution < 1.29 is 0 Å². The molecule has 5 fully saturated rings. The molecule has 16 N–H and O–H groups in total. The van der Waals surface area contributed by atoms with Crippen LogP contribution in [0.4, 0.5) is 34.9 Å². The number of hydrogen-bond acceptors (Lipinski definition) is 17. The van der Waals surface area contributed by atoms with Crippen LogP contribution in [0.1, 0.15) is 25.7 Å². The van der Waals surface area contributed by atoms with Crippen LogP contribution in [-0.4, -0.2) is 142 Å². The lowest BCUT2D eigenvalue weighted by Gasteiger charge is -2.42. The van der Waals surface area contributed by atoms with E-state index in [0.717, 1.165) is 89.4 Å². The van der Waals surface area contributed by atoms with Crippen molar-refractivity contribution >= 4 is 34.9 Å². The molecule has 1 aromatic heterocycles. The first kappa shape index (κ1) is 35.1. The number of hydrogen-bond donors (Lipinski definition) is 8. The summed E-state index contributed by atoms with van der Waals surface area (Å²) in [5.74, 6) is 1.84. The molecule has 2 aromatic rings. The average molecular weight is 694 g/mol. The van der Waals surface area contributed by atoms with Gasteiger partial charge in [-0.25, -0.2) is 0 Å². The quantitative estimate of drug-likeness (QED) is 0.147. The monoisotopic (exact) mass is 694 g/mol. The Morgan fingerprint density at radius 1 is 0.380 bits per heavy atom. The maximum Gasteiger partial charge on any atom is 0.232 e. The van der Waals surface area contributed by atoms with Gasteiger partial charge in [-0.3, -0.25) is 0 Å². The molecule has 17 heteroatoms. The first-order valence-corrected chi connectivity index (χ1v) is 18.4. The summed E-state index contributed by atoms with van der Waals surface area (Å²) in [6, 6.07) is 6.68. The number of nitrogens with zero attached hydrogens (tertiary/aromatic N) is 9. The highest BCUT2D eigenvalue weighted by Gasteiger charge is 2.32. The van der Waals surface area contributed by atoms with Gasteiger partial charge in [0.1, 0.15) is 0 Å². The van der Waals surface area contributed by atoms with Crippen molar-refractivity contribution in [2.24, 2.45) is 45.9 Å². The molecule has 0 bridgehead atoms. The Morgan fingerprint density at radius 3 is 1.14 bits per heavy atom. The van der Waals surface area contributed by atoms with Crippen LogP contribution in [-0.2, 0) is 0 Å². The molecule has 1 aromatic carbocycles. The van der Waals surface area contributed by atoms with Gasteiger partial charge in [-0.15, -0.1) is 0 Å². The third-order valence-electron chi connectivity index (χ3n) is 10.8. The first-order chi connectivity index (χ1) is 24.0. The average Bonchev–Trinajstić information content (AvgIpc) is 3.06. The molecule has 0 amide bonds. The van der Waals surface area contributed by atoms with Gasteiger partial charge in [-0.05, 0) is 43.9 Å². The van der Waals surface area contributed by atoms with Crippen LogP contribution < -0.4 is 75.3 Å². The summed E-state index contributed by atoms with van der Waals surface area (Å²) < 4.78 is 0. The van der Waals surface area contributed by atoms with Crippen molar-refractivity contribution in [2.45, 2.75) is 74.0 Å². The summed E-state index contributed by atoms with van der Waals surface area (Å²) in [6.45, 7) is 8.68. The number of aromatic nitrogens is 3. The predicted octanol–water partition coefficient (Wildman–Crippen LogP) is -3.34. The van der Waals surface area contributed by atoms with Gasteiger partial charge < -0.3 is 75.3 Å². The fourth-order valence-electron chi connectivity index (χ4n) is 8.59. The van der Waals surface area contributed by atoms with E-state index in [1.54, 1.807) is 0 Å². The van der Waals surface area contributed by atoms with Gasteiger partial charge in [0, 0.05) is 133 Å². The van der Waals surface area contributed by atoms with E-state index in [0.29, 0.717) is 44.0 Å². The Labute approximate surface area is 295 Å². The molecule has 276 valence electrons. The fourth-order valence-corrected chi connectivity index (χ4v) is 8.59. The molecular weight excluding hydrogens is 634 g/mol. The summed E-state index contributed by atoms with van der Waals surface area (Å²) in [4.78, 5) is 28.5. The molecule has 17 nitrogen and oxygen atoms in total. The van der Waals surface area contributed by atoms with Crippen LogP contribution >= 0.6 is 0 Å². The fraction of sp³-hybridized carbons (Fsp3) is 0.727. The Kier molecular flexibility index (Phi) is 10.4. The third kappa shape index (κ3) is 7.94. The number of nitrogens with two attached hydrogens (primary N) is 8. The van der Waals surface area contributed by atoms with Crippen LogP contribution in [0.15, 0.2) is 18.2 Å². The summed E-state index contributed by atoms with van der Waals surface area (Å²) >= 11 is 0. The van der Waals surface area contributed by atoms with E-state index in [9.17, 15) is 0 Å². The molecule has 0 radical (unpaired) electrons. The minimum Gasteiger partial charge on any atom is -0.368 e. The van der Waals surface area contributed by atoms with E-state index in [4.69, 9.17) is 60.8 Å². The predicted molar refractivity (Wildman–Crippen MR) is 202 cm³/mol. The lowest BCUT2D eigenvalue weighted by atomic mass is 9.99. The summed E-state index contributed by atoms with van der Waals surface area (Å²) in [5.41, 5.74) is 54.8. The summed E-state index contributed by atoms with van der Waals surface area (Å²) in [7, 11) is 0. The zero-order chi connectivity index (χ0) is 35.1. The molecule has 7 rings (SSSR count). The molecule has 0 saturated carbocycles. The Bertz CT molecular complexity index is 1370. The van der Waals surface area contributed by atoms with Crippen molar-refractivity contribution in [3.63, 3.8) is 0 Å². The highest BCUT2D eigenvalue weighted by molar-refractivity contribution is 5.77. The van der Waals surface area contributed by atoms with E-state index in [1.165, 1.54) is 5.69 Å².